The third kappa shape index (κ3) is 7.01. The molecule has 0 spiro atoms. The van der Waals surface area contributed by atoms with Crippen LogP contribution >= 0.6 is 0 Å². The summed E-state index contributed by atoms with van der Waals surface area (Å²) in [7, 11) is -7.86. The fourth-order valence-corrected chi connectivity index (χ4v) is 3.06. The summed E-state index contributed by atoms with van der Waals surface area (Å²) in [5.74, 6) is -31.6. The molecule has 0 aliphatic rings. The van der Waals surface area contributed by atoms with Gasteiger partial charge in [-0.3, -0.25) is 0 Å². The first-order chi connectivity index (χ1) is 15.1. The SMILES string of the molecule is CC[N+](CC)(CC)CC.O=S(=O)([O-])C(F)(F)C(F)(F)C(F)(F)C(F)(F)C(F)(F)C(F)CC(F)(F)F. The summed E-state index contributed by atoms with van der Waals surface area (Å²) < 4.78 is 208. The first kappa shape index (κ1) is 36.0. The van der Waals surface area contributed by atoms with Gasteiger partial charge in [0.1, 0.15) is 0 Å². The molecule has 214 valence electrons. The highest BCUT2D eigenvalue weighted by Crippen LogP contribution is 2.59. The summed E-state index contributed by atoms with van der Waals surface area (Å²) in [6.07, 6.45) is -14.9. The lowest BCUT2D eigenvalue weighted by molar-refractivity contribution is -0.921. The van der Waals surface area contributed by atoms with Crippen LogP contribution in [0.4, 0.5) is 61.5 Å². The van der Waals surface area contributed by atoms with Gasteiger partial charge in [0, 0.05) is 0 Å². The van der Waals surface area contributed by atoms with Crippen molar-refractivity contribution in [2.75, 3.05) is 26.2 Å². The highest BCUT2D eigenvalue weighted by molar-refractivity contribution is 7.86. The summed E-state index contributed by atoms with van der Waals surface area (Å²) in [6, 6.07) is 0. The van der Waals surface area contributed by atoms with Crippen molar-refractivity contribution in [1.29, 1.82) is 0 Å². The maximum absolute atomic E-state index is 13.0. The zero-order valence-electron chi connectivity index (χ0n) is 18.5. The van der Waals surface area contributed by atoms with E-state index in [1.165, 1.54) is 30.7 Å². The predicted octanol–water partition coefficient (Wildman–Crippen LogP) is 5.84. The minimum atomic E-state index is -8.18. The molecule has 0 aliphatic carbocycles. The average Bonchev–Trinajstić information content (AvgIpc) is 2.68. The molecule has 1 unspecified atom stereocenters. The minimum absolute atomic E-state index is 1.28. The third-order valence-corrected chi connectivity index (χ3v) is 6.26. The van der Waals surface area contributed by atoms with Gasteiger partial charge in [0.25, 0.3) is 0 Å². The van der Waals surface area contributed by atoms with Crippen LogP contribution in [0.3, 0.4) is 0 Å². The number of hydrogen-bond donors (Lipinski definition) is 0. The van der Waals surface area contributed by atoms with E-state index in [1.54, 1.807) is 0 Å². The van der Waals surface area contributed by atoms with Crippen molar-refractivity contribution in [2.45, 2.75) is 75.4 Å². The maximum Gasteiger partial charge on any atom is 0.402 e. The molecule has 0 N–H and O–H groups in total. The number of halogens is 14. The topological polar surface area (TPSA) is 57.2 Å². The quantitative estimate of drug-likeness (QED) is 0.177. The first-order valence-electron chi connectivity index (χ1n) is 9.52. The average molecular weight is 575 g/mol. The molecule has 19 heteroatoms. The van der Waals surface area contributed by atoms with E-state index in [2.05, 4.69) is 27.7 Å². The van der Waals surface area contributed by atoms with E-state index in [1.807, 2.05) is 0 Å². The predicted molar refractivity (Wildman–Crippen MR) is 92.4 cm³/mol. The van der Waals surface area contributed by atoms with Gasteiger partial charge in [-0.2, -0.15) is 57.1 Å². The minimum Gasteiger partial charge on any atom is -0.743 e. The lowest BCUT2D eigenvalue weighted by Crippen LogP contribution is -2.70. The Morgan fingerprint density at radius 3 is 1.17 bits per heavy atom. The summed E-state index contributed by atoms with van der Waals surface area (Å²) >= 11 is 0. The Balaban J connectivity index is 0. The fraction of sp³-hybridized carbons (Fsp3) is 1.00. The Hall–Kier alpha value is -1.11. The van der Waals surface area contributed by atoms with Crippen LogP contribution < -0.4 is 0 Å². The molecule has 0 fully saturated rings. The Morgan fingerprint density at radius 1 is 0.657 bits per heavy atom. The van der Waals surface area contributed by atoms with Crippen LogP contribution in [0.5, 0.6) is 0 Å². The van der Waals surface area contributed by atoms with Gasteiger partial charge in [-0.25, -0.2) is 12.8 Å². The molecule has 4 nitrogen and oxygen atoms in total. The van der Waals surface area contributed by atoms with Gasteiger partial charge in [0.2, 0.25) is 0 Å². The van der Waals surface area contributed by atoms with Crippen molar-refractivity contribution in [1.82, 2.24) is 0 Å². The van der Waals surface area contributed by atoms with Gasteiger partial charge in [-0.1, -0.05) is 0 Å². The second-order valence-electron chi connectivity index (χ2n) is 7.21. The smallest absolute Gasteiger partial charge is 0.402 e. The second kappa shape index (κ2) is 11.1. The molecule has 0 aromatic carbocycles. The Bertz CT molecular complexity index is 761. The van der Waals surface area contributed by atoms with Gasteiger partial charge in [0.05, 0.1) is 32.6 Å². The number of nitrogens with zero attached hydrogens (tertiary/aromatic N) is 1. The standard InChI is InChI=1S/C8H4F14O3S.C8H20N/c9-2(1-3(10,11)12)4(13,14)5(15,16)6(17,18)7(19,20)8(21,22)26(23,24)25;1-5-9(6-2,7-3)8-4/h2H,1H2,(H,23,24,25);5-8H2,1-4H3/q;+1/p-1. The van der Waals surface area contributed by atoms with Crippen molar-refractivity contribution in [3.63, 3.8) is 0 Å². The number of hydrogen-bond acceptors (Lipinski definition) is 3. The Labute approximate surface area is 191 Å². The van der Waals surface area contributed by atoms with Crippen LogP contribution in [0.1, 0.15) is 34.1 Å². The number of alkyl halides is 14. The van der Waals surface area contributed by atoms with Crippen LogP contribution in [0, 0.1) is 0 Å². The first-order valence-corrected chi connectivity index (χ1v) is 10.9. The largest absolute Gasteiger partial charge is 0.743 e. The molecular formula is C16H23F14NO3S. The van der Waals surface area contributed by atoms with Crippen molar-refractivity contribution in [3.05, 3.63) is 0 Å². The Morgan fingerprint density at radius 2 is 0.971 bits per heavy atom. The van der Waals surface area contributed by atoms with Gasteiger partial charge < -0.3 is 9.04 Å². The van der Waals surface area contributed by atoms with Crippen LogP contribution in [0.2, 0.25) is 0 Å². The Kier molecular flexibility index (Phi) is 11.4. The summed E-state index contributed by atoms with van der Waals surface area (Å²) in [5.41, 5.74) is 0. The van der Waals surface area contributed by atoms with E-state index in [4.69, 9.17) is 0 Å². The van der Waals surface area contributed by atoms with E-state index in [0.717, 1.165) is 0 Å². The zero-order chi connectivity index (χ0) is 29.1. The lowest BCUT2D eigenvalue weighted by atomic mass is 9.94. The molecule has 0 amide bonds. The fourth-order valence-electron chi connectivity index (χ4n) is 2.62. The van der Waals surface area contributed by atoms with E-state index in [0.29, 0.717) is 0 Å². The zero-order valence-corrected chi connectivity index (χ0v) is 19.3. The molecule has 0 rings (SSSR count). The van der Waals surface area contributed by atoms with Crippen molar-refractivity contribution >= 4 is 10.1 Å². The highest BCUT2D eigenvalue weighted by Gasteiger charge is 2.88. The molecular weight excluding hydrogens is 552 g/mol. The van der Waals surface area contributed by atoms with E-state index in [-0.39, 0.29) is 0 Å². The number of rotatable bonds is 11. The van der Waals surface area contributed by atoms with E-state index < -0.39 is 57.8 Å². The van der Waals surface area contributed by atoms with E-state index in [9.17, 15) is 74.4 Å². The summed E-state index contributed by atoms with van der Waals surface area (Å²) in [6.45, 7) is 14.2. The molecule has 0 bridgehead atoms. The molecule has 0 aromatic rings. The van der Waals surface area contributed by atoms with Crippen molar-refractivity contribution in [3.8, 4) is 0 Å². The molecule has 1 atom stereocenters. The summed E-state index contributed by atoms with van der Waals surface area (Å²) in [4.78, 5) is 0. The lowest BCUT2D eigenvalue weighted by Gasteiger charge is -2.40. The van der Waals surface area contributed by atoms with Gasteiger partial charge in [-0.15, -0.1) is 0 Å². The van der Waals surface area contributed by atoms with Gasteiger partial charge in [0.15, 0.2) is 16.3 Å². The van der Waals surface area contributed by atoms with Crippen molar-refractivity contribution < 1.29 is 78.9 Å². The summed E-state index contributed by atoms with van der Waals surface area (Å²) in [5, 5.41) is -7.61. The van der Waals surface area contributed by atoms with Crippen LogP contribution in [0.15, 0.2) is 0 Å². The normalized spacial score (nSPS) is 16.0. The van der Waals surface area contributed by atoms with Crippen LogP contribution in [-0.2, 0) is 10.1 Å². The second-order valence-corrected chi connectivity index (χ2v) is 8.63. The van der Waals surface area contributed by atoms with Crippen LogP contribution in [-0.4, -0.2) is 84.9 Å². The molecule has 0 saturated carbocycles. The van der Waals surface area contributed by atoms with Crippen LogP contribution in [0.25, 0.3) is 0 Å². The maximum atomic E-state index is 13.0. The molecule has 35 heavy (non-hydrogen) atoms. The highest BCUT2D eigenvalue weighted by atomic mass is 32.2. The molecule has 0 heterocycles. The molecule has 0 radical (unpaired) electrons. The van der Waals surface area contributed by atoms with Crippen molar-refractivity contribution in [2.24, 2.45) is 0 Å². The molecule has 0 aliphatic heterocycles. The van der Waals surface area contributed by atoms with Gasteiger partial charge in [-0.05, 0) is 27.7 Å². The third-order valence-electron chi connectivity index (χ3n) is 5.37. The molecule has 0 aromatic heterocycles. The monoisotopic (exact) mass is 575 g/mol. The molecule has 0 saturated heterocycles. The van der Waals surface area contributed by atoms with E-state index >= 15 is 0 Å². The number of quaternary nitrogens is 1. The van der Waals surface area contributed by atoms with Gasteiger partial charge >= 0.3 is 35.1 Å².